The second-order valence-electron chi connectivity index (χ2n) is 8.36. The lowest BCUT2D eigenvalue weighted by Gasteiger charge is -2.23. The topological polar surface area (TPSA) is 157 Å². The van der Waals surface area contributed by atoms with Crippen LogP contribution in [-0.4, -0.2) is 63.7 Å². The van der Waals surface area contributed by atoms with Crippen LogP contribution in [-0.2, 0) is 51.2 Å². The zero-order valence-corrected chi connectivity index (χ0v) is 20.0. The molecule has 4 rings (SSSR count). The van der Waals surface area contributed by atoms with Crippen molar-refractivity contribution in [1.29, 1.82) is 0 Å². The maximum atomic E-state index is 11.8. The van der Waals surface area contributed by atoms with E-state index in [0.29, 0.717) is 24.3 Å². The number of benzene rings is 1. The first-order valence-electron chi connectivity index (χ1n) is 11.3. The SMILES string of the molecule is CC(=O)OCC1OC(n2cc(COc3ccc4c(c3)CCC(=O)N4)nn2)[C@H](OC(C)=O)[C@@H]1OC(C)=O. The van der Waals surface area contributed by atoms with Gasteiger partial charge in [0.1, 0.15) is 30.8 Å². The Balaban J connectivity index is 1.47. The fourth-order valence-electron chi connectivity index (χ4n) is 4.02. The zero-order chi connectivity index (χ0) is 25.8. The maximum Gasteiger partial charge on any atom is 0.303 e. The quantitative estimate of drug-likeness (QED) is 0.407. The molecule has 1 amide bonds. The van der Waals surface area contributed by atoms with E-state index in [0.717, 1.165) is 11.3 Å². The number of nitrogens with one attached hydrogen (secondary N) is 1. The van der Waals surface area contributed by atoms with E-state index in [9.17, 15) is 19.2 Å². The van der Waals surface area contributed by atoms with Gasteiger partial charge in [0, 0.05) is 32.9 Å². The van der Waals surface area contributed by atoms with Crippen LogP contribution >= 0.6 is 0 Å². The number of aromatic nitrogens is 3. The monoisotopic (exact) mass is 502 g/mol. The number of carbonyl (C=O) groups excluding carboxylic acids is 4. The van der Waals surface area contributed by atoms with E-state index in [4.69, 9.17) is 23.7 Å². The molecule has 1 saturated heterocycles. The highest BCUT2D eigenvalue weighted by atomic mass is 16.7. The van der Waals surface area contributed by atoms with Gasteiger partial charge in [-0.1, -0.05) is 5.21 Å². The van der Waals surface area contributed by atoms with E-state index >= 15 is 0 Å². The maximum absolute atomic E-state index is 11.8. The van der Waals surface area contributed by atoms with E-state index in [2.05, 4.69) is 15.6 Å². The Morgan fingerprint density at radius 1 is 1.08 bits per heavy atom. The minimum absolute atomic E-state index is 0.0139. The van der Waals surface area contributed by atoms with Crippen molar-refractivity contribution in [2.75, 3.05) is 11.9 Å². The van der Waals surface area contributed by atoms with Gasteiger partial charge < -0.3 is 29.0 Å². The van der Waals surface area contributed by atoms with Crippen LogP contribution in [0.2, 0.25) is 0 Å². The van der Waals surface area contributed by atoms with Gasteiger partial charge >= 0.3 is 17.9 Å². The van der Waals surface area contributed by atoms with Gasteiger partial charge in [0.2, 0.25) is 5.91 Å². The first-order chi connectivity index (χ1) is 17.2. The third kappa shape index (κ3) is 5.97. The third-order valence-corrected chi connectivity index (χ3v) is 5.52. The van der Waals surface area contributed by atoms with Gasteiger partial charge in [0.15, 0.2) is 18.4 Å². The Labute approximate surface area is 206 Å². The lowest BCUT2D eigenvalue weighted by molar-refractivity contribution is -0.166. The standard InChI is InChI=1S/C23H26N4O9/c1-12(28)32-11-19-21(34-13(2)29)22(35-14(3)30)23(36-19)27-9-16(25-26-27)10-33-17-5-6-18-15(8-17)4-7-20(31)24-18/h5-6,8-9,19,21-23H,4,7,10-11H2,1-3H3,(H,24,31)/t19?,21-,22-,23?/m1/s1. The molecule has 13 nitrogen and oxygen atoms in total. The molecule has 13 heteroatoms. The second kappa shape index (κ2) is 10.7. The first kappa shape index (κ1) is 25.1. The Kier molecular flexibility index (Phi) is 7.48. The van der Waals surface area contributed by atoms with Crippen molar-refractivity contribution >= 4 is 29.5 Å². The Morgan fingerprint density at radius 2 is 1.83 bits per heavy atom. The lowest BCUT2D eigenvalue weighted by atomic mass is 10.0. The molecular weight excluding hydrogens is 476 g/mol. The highest BCUT2D eigenvalue weighted by Gasteiger charge is 2.51. The first-order valence-corrected chi connectivity index (χ1v) is 11.3. The molecule has 3 heterocycles. The summed E-state index contributed by atoms with van der Waals surface area (Å²) < 4.78 is 28.9. The van der Waals surface area contributed by atoms with Gasteiger partial charge in [0.25, 0.3) is 0 Å². The molecule has 1 aromatic carbocycles. The van der Waals surface area contributed by atoms with Crippen LogP contribution in [0.5, 0.6) is 5.75 Å². The number of ether oxygens (including phenoxy) is 5. The molecule has 1 N–H and O–H groups in total. The number of hydrogen-bond donors (Lipinski definition) is 1. The van der Waals surface area contributed by atoms with Crippen molar-refractivity contribution in [3.05, 3.63) is 35.7 Å². The summed E-state index contributed by atoms with van der Waals surface area (Å²) in [4.78, 5) is 46.3. The molecule has 2 unspecified atom stereocenters. The van der Waals surface area contributed by atoms with Crippen molar-refractivity contribution in [2.45, 2.75) is 64.8 Å². The number of anilines is 1. The van der Waals surface area contributed by atoms with E-state index in [1.54, 1.807) is 18.3 Å². The van der Waals surface area contributed by atoms with Gasteiger partial charge in [-0.25, -0.2) is 4.68 Å². The van der Waals surface area contributed by atoms with E-state index < -0.39 is 42.4 Å². The number of hydrogen-bond acceptors (Lipinski definition) is 11. The smallest absolute Gasteiger partial charge is 0.303 e. The summed E-state index contributed by atoms with van der Waals surface area (Å²) in [5.41, 5.74) is 2.21. The molecule has 4 atom stereocenters. The average Bonchev–Trinajstić information content (AvgIpc) is 3.41. The predicted octanol–water partition coefficient (Wildman–Crippen LogP) is 1.07. The third-order valence-electron chi connectivity index (χ3n) is 5.52. The van der Waals surface area contributed by atoms with Crippen LogP contribution < -0.4 is 10.1 Å². The number of nitrogens with zero attached hydrogens (tertiary/aromatic N) is 3. The molecule has 192 valence electrons. The van der Waals surface area contributed by atoms with Crippen LogP contribution in [0.4, 0.5) is 5.69 Å². The van der Waals surface area contributed by atoms with E-state index in [1.807, 2.05) is 6.07 Å². The second-order valence-corrected chi connectivity index (χ2v) is 8.36. The molecule has 2 aliphatic rings. The summed E-state index contributed by atoms with van der Waals surface area (Å²) in [5.74, 6) is -1.19. The summed E-state index contributed by atoms with van der Waals surface area (Å²) in [5, 5.41) is 11.0. The van der Waals surface area contributed by atoms with Crippen LogP contribution in [0.15, 0.2) is 24.4 Å². The Hall–Kier alpha value is -4.00. The Morgan fingerprint density at radius 3 is 2.56 bits per heavy atom. The normalized spacial score (nSPS) is 22.8. The fraction of sp³-hybridized carbons (Fsp3) is 0.478. The lowest BCUT2D eigenvalue weighted by Crippen LogP contribution is -2.40. The van der Waals surface area contributed by atoms with Crippen molar-refractivity contribution in [3.8, 4) is 5.75 Å². The molecule has 1 aromatic heterocycles. The van der Waals surface area contributed by atoms with Gasteiger partial charge in [-0.15, -0.1) is 5.10 Å². The van der Waals surface area contributed by atoms with Gasteiger partial charge in [-0.05, 0) is 30.2 Å². The molecule has 0 spiro atoms. The Bertz CT molecular complexity index is 1160. The van der Waals surface area contributed by atoms with Crippen LogP contribution in [0.1, 0.15) is 44.7 Å². The molecule has 1 fully saturated rings. The van der Waals surface area contributed by atoms with Crippen molar-refractivity contribution in [1.82, 2.24) is 15.0 Å². The highest BCUT2D eigenvalue weighted by molar-refractivity contribution is 5.94. The largest absolute Gasteiger partial charge is 0.487 e. The summed E-state index contributed by atoms with van der Waals surface area (Å²) in [7, 11) is 0. The summed E-state index contributed by atoms with van der Waals surface area (Å²) >= 11 is 0. The summed E-state index contributed by atoms with van der Waals surface area (Å²) in [6, 6.07) is 5.39. The minimum Gasteiger partial charge on any atom is -0.487 e. The molecule has 2 aliphatic heterocycles. The van der Waals surface area contributed by atoms with Crippen LogP contribution in [0, 0.1) is 0 Å². The number of amides is 1. The van der Waals surface area contributed by atoms with Crippen molar-refractivity contribution in [2.24, 2.45) is 0 Å². The number of aryl methyl sites for hydroxylation is 1. The molecule has 2 aromatic rings. The van der Waals surface area contributed by atoms with Gasteiger partial charge in [-0.3, -0.25) is 19.2 Å². The zero-order valence-electron chi connectivity index (χ0n) is 20.0. The molecular formula is C23H26N4O9. The number of carbonyl (C=O) groups is 4. The van der Waals surface area contributed by atoms with Gasteiger partial charge in [-0.2, -0.15) is 0 Å². The molecule has 0 radical (unpaired) electrons. The number of rotatable bonds is 8. The molecule has 0 aliphatic carbocycles. The molecule has 0 saturated carbocycles. The highest BCUT2D eigenvalue weighted by Crippen LogP contribution is 2.34. The molecule has 36 heavy (non-hydrogen) atoms. The van der Waals surface area contributed by atoms with Crippen molar-refractivity contribution < 1.29 is 42.9 Å². The predicted molar refractivity (Wildman–Crippen MR) is 119 cm³/mol. The number of fused-ring (bicyclic) bond motifs is 1. The summed E-state index contributed by atoms with van der Waals surface area (Å²) in [6.07, 6.45) is -1.38. The van der Waals surface area contributed by atoms with Gasteiger partial charge in [0.05, 0.1) is 6.20 Å². The van der Waals surface area contributed by atoms with E-state index in [1.165, 1.54) is 25.5 Å². The van der Waals surface area contributed by atoms with Crippen LogP contribution in [0.3, 0.4) is 0 Å². The summed E-state index contributed by atoms with van der Waals surface area (Å²) in [6.45, 7) is 3.52. The number of esters is 3. The minimum atomic E-state index is -1.06. The van der Waals surface area contributed by atoms with Crippen LogP contribution in [0.25, 0.3) is 0 Å². The fourth-order valence-corrected chi connectivity index (χ4v) is 4.02. The van der Waals surface area contributed by atoms with E-state index in [-0.39, 0.29) is 19.1 Å². The average molecular weight is 502 g/mol. The van der Waals surface area contributed by atoms with Crippen molar-refractivity contribution in [3.63, 3.8) is 0 Å². The molecule has 0 bridgehead atoms.